The van der Waals surface area contributed by atoms with Crippen molar-refractivity contribution >= 4 is 5.97 Å². The summed E-state index contributed by atoms with van der Waals surface area (Å²) in [5.41, 5.74) is 0. The molecule has 1 saturated heterocycles. The highest BCUT2D eigenvalue weighted by molar-refractivity contribution is 5.73. The molecule has 11 heavy (non-hydrogen) atoms. The monoisotopic (exact) mass is 161 g/mol. The first kappa shape index (κ1) is 8.46. The molecule has 1 aliphatic rings. The molecular weight excluding hydrogens is 149 g/mol. The minimum Gasteiger partial charge on any atom is -0.480 e. The van der Waals surface area contributed by atoms with Crippen LogP contribution in [0, 0.1) is 0 Å². The van der Waals surface area contributed by atoms with E-state index in [2.05, 4.69) is 0 Å². The van der Waals surface area contributed by atoms with Crippen LogP contribution in [0.3, 0.4) is 0 Å². The van der Waals surface area contributed by atoms with Crippen molar-refractivity contribution in [2.75, 3.05) is 13.1 Å². The zero-order valence-electron chi connectivity index (χ0n) is 6.46. The fourth-order valence-corrected chi connectivity index (χ4v) is 1.45. The first-order chi connectivity index (χ1) is 5.15. The third-order valence-corrected chi connectivity index (χ3v) is 2.04. The number of carboxylic acid groups (broad SMARTS) is 1. The van der Waals surface area contributed by atoms with Gasteiger partial charge in [-0.1, -0.05) is 6.92 Å². The van der Waals surface area contributed by atoms with Crippen LogP contribution in [-0.2, 0) is 4.79 Å². The van der Waals surface area contributed by atoms with Gasteiger partial charge in [0, 0.05) is 13.0 Å². The minimum atomic E-state index is -0.962. The number of rotatable bonds is 2. The van der Waals surface area contributed by atoms with Crippen LogP contribution in [0.5, 0.6) is 0 Å². The molecule has 0 unspecified atom stereocenters. The zero-order chi connectivity index (χ0) is 8.43. The lowest BCUT2D eigenvalue weighted by atomic mass is 10.2. The lowest BCUT2D eigenvalue weighted by Crippen LogP contribution is -2.35. The van der Waals surface area contributed by atoms with Crippen LogP contribution >= 0.6 is 0 Å². The maximum atomic E-state index is 12.7. The van der Waals surface area contributed by atoms with Gasteiger partial charge in [0.25, 0.3) is 0 Å². The Kier molecular flexibility index (Phi) is 2.44. The van der Waals surface area contributed by atoms with Gasteiger partial charge < -0.3 is 5.11 Å². The Balaban J connectivity index is 2.57. The molecule has 0 radical (unpaired) electrons. The van der Waals surface area contributed by atoms with E-state index in [4.69, 9.17) is 5.11 Å². The number of carboxylic acids is 1. The molecule has 0 aromatic carbocycles. The van der Waals surface area contributed by atoms with Gasteiger partial charge in [-0.3, -0.25) is 9.69 Å². The maximum Gasteiger partial charge on any atom is 0.321 e. The number of halogens is 1. The maximum absolute atomic E-state index is 12.7. The van der Waals surface area contributed by atoms with Gasteiger partial charge in [0.2, 0.25) is 0 Å². The highest BCUT2D eigenvalue weighted by Crippen LogP contribution is 2.19. The Morgan fingerprint density at radius 1 is 1.82 bits per heavy atom. The molecule has 3 nitrogen and oxygen atoms in total. The summed E-state index contributed by atoms with van der Waals surface area (Å²) in [6, 6.07) is -0.602. The molecule has 0 spiro atoms. The number of alkyl halides is 1. The zero-order valence-corrected chi connectivity index (χ0v) is 6.46. The third-order valence-electron chi connectivity index (χ3n) is 2.04. The number of hydrogen-bond acceptors (Lipinski definition) is 2. The van der Waals surface area contributed by atoms with Crippen molar-refractivity contribution in [3.8, 4) is 0 Å². The molecule has 64 valence electrons. The van der Waals surface area contributed by atoms with E-state index in [1.165, 1.54) is 0 Å². The Morgan fingerprint density at radius 3 is 2.82 bits per heavy atom. The second kappa shape index (κ2) is 3.17. The van der Waals surface area contributed by atoms with Crippen LogP contribution in [0.1, 0.15) is 13.3 Å². The molecule has 1 aliphatic heterocycles. The minimum absolute atomic E-state index is 0.142. The lowest BCUT2D eigenvalue weighted by Gasteiger charge is -2.17. The van der Waals surface area contributed by atoms with Crippen LogP contribution in [0.4, 0.5) is 4.39 Å². The van der Waals surface area contributed by atoms with Crippen LogP contribution in [0.25, 0.3) is 0 Å². The molecule has 1 heterocycles. The van der Waals surface area contributed by atoms with E-state index < -0.39 is 18.2 Å². The lowest BCUT2D eigenvalue weighted by molar-refractivity contribution is -0.142. The molecule has 0 aromatic rings. The summed E-state index contributed by atoms with van der Waals surface area (Å²) >= 11 is 0. The van der Waals surface area contributed by atoms with Crippen molar-refractivity contribution < 1.29 is 14.3 Å². The first-order valence-electron chi connectivity index (χ1n) is 3.76. The first-order valence-corrected chi connectivity index (χ1v) is 3.76. The molecule has 0 aromatic heterocycles. The standard InChI is InChI=1S/C7H12FNO2/c1-2-9-4-5(8)3-6(9)7(10)11/h5-6H,2-4H2,1H3,(H,10,11)/t5-,6-/m0/s1. The van der Waals surface area contributed by atoms with Crippen LogP contribution < -0.4 is 0 Å². The third kappa shape index (κ3) is 1.68. The summed E-state index contributed by atoms with van der Waals surface area (Å²) in [4.78, 5) is 12.2. The van der Waals surface area contributed by atoms with Crippen LogP contribution in [0.2, 0.25) is 0 Å². The Morgan fingerprint density at radius 2 is 2.45 bits per heavy atom. The normalized spacial score (nSPS) is 32.5. The molecule has 4 heteroatoms. The molecule has 0 saturated carbocycles. The predicted molar refractivity (Wildman–Crippen MR) is 38.2 cm³/mol. The summed E-state index contributed by atoms with van der Waals surface area (Å²) in [6.45, 7) is 2.72. The quantitative estimate of drug-likeness (QED) is 0.641. The Bertz CT molecular complexity index is 163. The van der Waals surface area contributed by atoms with E-state index >= 15 is 0 Å². The van der Waals surface area contributed by atoms with Crippen molar-refractivity contribution in [1.82, 2.24) is 4.90 Å². The highest BCUT2D eigenvalue weighted by Gasteiger charge is 2.35. The molecular formula is C7H12FNO2. The SMILES string of the molecule is CCN1C[C@@H](F)C[C@H]1C(=O)O. The summed E-state index contributed by atoms with van der Waals surface area (Å²) in [6.07, 6.45) is -0.820. The van der Waals surface area contributed by atoms with Crippen molar-refractivity contribution in [3.63, 3.8) is 0 Å². The van der Waals surface area contributed by atoms with E-state index in [1.54, 1.807) is 4.90 Å². The summed E-state index contributed by atoms with van der Waals surface area (Å²) in [7, 11) is 0. The second-order valence-corrected chi connectivity index (χ2v) is 2.77. The largest absolute Gasteiger partial charge is 0.480 e. The molecule has 0 amide bonds. The van der Waals surface area contributed by atoms with Crippen LogP contribution in [-0.4, -0.2) is 41.3 Å². The van der Waals surface area contributed by atoms with Crippen LogP contribution in [0.15, 0.2) is 0 Å². The molecule has 1 rings (SSSR count). The summed E-state index contributed by atoms with van der Waals surface area (Å²) in [5.74, 6) is -0.910. The number of likely N-dealkylation sites (N-methyl/N-ethyl adjacent to an activating group) is 1. The second-order valence-electron chi connectivity index (χ2n) is 2.77. The van der Waals surface area contributed by atoms with E-state index in [0.717, 1.165) is 0 Å². The fraction of sp³-hybridized carbons (Fsp3) is 0.857. The van der Waals surface area contributed by atoms with Gasteiger partial charge in [-0.25, -0.2) is 4.39 Å². The predicted octanol–water partition coefficient (Wildman–Crippen LogP) is 0.503. The van der Waals surface area contributed by atoms with E-state index in [1.807, 2.05) is 6.92 Å². The van der Waals surface area contributed by atoms with Gasteiger partial charge in [0.1, 0.15) is 12.2 Å². The molecule has 2 atom stereocenters. The Hall–Kier alpha value is -0.640. The van der Waals surface area contributed by atoms with Gasteiger partial charge >= 0.3 is 5.97 Å². The van der Waals surface area contributed by atoms with Gasteiger partial charge in [-0.05, 0) is 6.54 Å². The van der Waals surface area contributed by atoms with E-state index in [0.29, 0.717) is 6.54 Å². The van der Waals surface area contributed by atoms with E-state index in [-0.39, 0.29) is 13.0 Å². The van der Waals surface area contributed by atoms with Crippen molar-refractivity contribution in [2.24, 2.45) is 0 Å². The number of likely N-dealkylation sites (tertiary alicyclic amines) is 1. The average Bonchev–Trinajstić information content (AvgIpc) is 2.30. The molecule has 1 fully saturated rings. The summed E-state index contributed by atoms with van der Waals surface area (Å²) in [5, 5.41) is 8.62. The van der Waals surface area contributed by atoms with Gasteiger partial charge in [-0.2, -0.15) is 0 Å². The summed E-state index contributed by atoms with van der Waals surface area (Å²) < 4.78 is 12.7. The number of hydrogen-bond donors (Lipinski definition) is 1. The van der Waals surface area contributed by atoms with Crippen molar-refractivity contribution in [1.29, 1.82) is 0 Å². The van der Waals surface area contributed by atoms with Crippen molar-refractivity contribution in [2.45, 2.75) is 25.6 Å². The smallest absolute Gasteiger partial charge is 0.321 e. The van der Waals surface area contributed by atoms with Gasteiger partial charge in [0.15, 0.2) is 0 Å². The van der Waals surface area contributed by atoms with Crippen molar-refractivity contribution in [3.05, 3.63) is 0 Å². The van der Waals surface area contributed by atoms with Gasteiger partial charge in [0.05, 0.1) is 0 Å². The fourth-order valence-electron chi connectivity index (χ4n) is 1.45. The molecule has 0 aliphatic carbocycles. The topological polar surface area (TPSA) is 40.5 Å². The van der Waals surface area contributed by atoms with E-state index in [9.17, 15) is 9.18 Å². The average molecular weight is 161 g/mol. The molecule has 0 bridgehead atoms. The number of aliphatic carboxylic acids is 1. The number of nitrogens with zero attached hydrogens (tertiary/aromatic N) is 1. The Labute approximate surface area is 64.8 Å². The number of carbonyl (C=O) groups is 1. The van der Waals surface area contributed by atoms with Gasteiger partial charge in [-0.15, -0.1) is 0 Å². The molecule has 1 N–H and O–H groups in total. The highest BCUT2D eigenvalue weighted by atomic mass is 19.1.